The van der Waals surface area contributed by atoms with Crippen molar-refractivity contribution in [2.45, 2.75) is 19.8 Å². The van der Waals surface area contributed by atoms with Gasteiger partial charge in [0.25, 0.3) is 0 Å². The minimum absolute atomic E-state index is 1.21. The maximum Gasteiger partial charge on any atom is -0.0183 e. The van der Waals surface area contributed by atoms with E-state index in [4.69, 9.17) is 0 Å². The van der Waals surface area contributed by atoms with Crippen LogP contribution in [-0.4, -0.2) is 18.8 Å². The first-order valence-corrected chi connectivity index (χ1v) is 9.97. The van der Waals surface area contributed by atoms with E-state index < -0.39 is 7.59 Å². The lowest BCUT2D eigenvalue weighted by Crippen LogP contribution is -2.09. The zero-order valence-electron chi connectivity index (χ0n) is 8.39. The Balaban J connectivity index is 3.05. The molecule has 0 radical (unpaired) electrons. The molecule has 2 heteroatoms. The van der Waals surface area contributed by atoms with Crippen molar-refractivity contribution >= 4 is 22.4 Å². The normalized spacial score (nSPS) is 22.2. The average molecular weight is 251 g/mol. The van der Waals surface area contributed by atoms with Crippen LogP contribution < -0.4 is 0 Å². The first-order chi connectivity index (χ1) is 5.27. The number of hydrogen-bond acceptors (Lipinski definition) is 0. The number of allylic oxidation sites excluding steroid dienone is 3. The first-order valence-electron chi connectivity index (χ1n) is 4.38. The molecule has 12 heavy (non-hydrogen) atoms. The average Bonchev–Trinajstić information content (AvgIpc) is 1.84. The summed E-state index contributed by atoms with van der Waals surface area (Å²) in [6, 6.07) is 0. The van der Waals surface area contributed by atoms with Crippen molar-refractivity contribution in [1.82, 2.24) is 0 Å². The SMILES string of the molecule is CC1=CCCC=C1[SH](C)(C)(C)Br. The maximum absolute atomic E-state index is 3.91. The largest absolute Gasteiger partial charge is 0.224 e. The van der Waals surface area contributed by atoms with Crippen LogP contribution in [-0.2, 0) is 0 Å². The highest BCUT2D eigenvalue weighted by atomic mass is 79.9. The zero-order valence-corrected chi connectivity index (χ0v) is 10.9. The molecule has 0 heterocycles. The third kappa shape index (κ3) is 2.40. The molecule has 0 aromatic carbocycles. The van der Waals surface area contributed by atoms with Crippen molar-refractivity contribution in [2.75, 3.05) is 18.8 Å². The molecule has 0 nitrogen and oxygen atoms in total. The fourth-order valence-corrected chi connectivity index (χ4v) is 4.99. The van der Waals surface area contributed by atoms with Gasteiger partial charge in [-0.1, -0.05) is 12.2 Å². The summed E-state index contributed by atoms with van der Waals surface area (Å²) < 4.78 is 0. The van der Waals surface area contributed by atoms with Gasteiger partial charge >= 0.3 is 0 Å². The summed E-state index contributed by atoms with van der Waals surface area (Å²) in [7, 11) is -1.68. The van der Waals surface area contributed by atoms with E-state index in [1.807, 2.05) is 0 Å². The van der Waals surface area contributed by atoms with Crippen molar-refractivity contribution in [1.29, 1.82) is 0 Å². The van der Waals surface area contributed by atoms with Crippen LogP contribution in [0.1, 0.15) is 19.8 Å². The Kier molecular flexibility index (Phi) is 2.52. The lowest BCUT2D eigenvalue weighted by Gasteiger charge is -2.48. The second-order valence-electron chi connectivity index (χ2n) is 4.66. The van der Waals surface area contributed by atoms with E-state index >= 15 is 0 Å². The third-order valence-corrected chi connectivity index (χ3v) is 5.48. The van der Waals surface area contributed by atoms with Gasteiger partial charge in [0.1, 0.15) is 0 Å². The first kappa shape index (κ1) is 10.4. The van der Waals surface area contributed by atoms with E-state index in [0.717, 1.165) is 0 Å². The molecule has 0 atom stereocenters. The second kappa shape index (κ2) is 2.91. The Morgan fingerprint density at radius 1 is 1.17 bits per heavy atom. The van der Waals surface area contributed by atoms with E-state index in [0.29, 0.717) is 0 Å². The molecular formula is C10H19BrS. The Morgan fingerprint density at radius 3 is 2.00 bits per heavy atom. The van der Waals surface area contributed by atoms with Crippen molar-refractivity contribution in [3.63, 3.8) is 0 Å². The molecule has 0 saturated carbocycles. The molecule has 0 N–H and O–H groups in total. The van der Waals surface area contributed by atoms with Gasteiger partial charge < -0.3 is 0 Å². The Morgan fingerprint density at radius 2 is 1.67 bits per heavy atom. The van der Waals surface area contributed by atoms with E-state index in [2.05, 4.69) is 52.7 Å². The van der Waals surface area contributed by atoms with Crippen LogP contribution in [0.15, 0.2) is 22.6 Å². The number of halogens is 1. The Bertz CT molecular complexity index is 244. The van der Waals surface area contributed by atoms with Crippen LogP contribution in [0.25, 0.3) is 0 Å². The minimum atomic E-state index is -1.68. The predicted octanol–water partition coefficient (Wildman–Crippen LogP) is 3.88. The molecule has 0 aromatic heterocycles. The monoisotopic (exact) mass is 250 g/mol. The highest BCUT2D eigenvalue weighted by Crippen LogP contribution is 2.75. The summed E-state index contributed by atoms with van der Waals surface area (Å²) in [5, 5.41) is 0. The van der Waals surface area contributed by atoms with Crippen LogP contribution in [0, 0.1) is 0 Å². The van der Waals surface area contributed by atoms with Crippen molar-refractivity contribution in [2.24, 2.45) is 0 Å². The zero-order chi connectivity index (χ0) is 9.43. The molecule has 0 amide bonds. The third-order valence-electron chi connectivity index (χ3n) is 2.17. The maximum atomic E-state index is 3.91. The van der Waals surface area contributed by atoms with E-state index in [1.54, 1.807) is 4.91 Å². The van der Waals surface area contributed by atoms with Gasteiger partial charge in [0.15, 0.2) is 0 Å². The van der Waals surface area contributed by atoms with Gasteiger partial charge in [-0.25, -0.2) is 7.59 Å². The summed E-state index contributed by atoms with van der Waals surface area (Å²) in [5.41, 5.74) is 1.48. The van der Waals surface area contributed by atoms with Crippen molar-refractivity contribution < 1.29 is 0 Å². The number of rotatable bonds is 1. The summed E-state index contributed by atoms with van der Waals surface area (Å²) in [4.78, 5) is 1.56. The fraction of sp³-hybridized carbons (Fsp3) is 0.600. The molecule has 0 fully saturated rings. The summed E-state index contributed by atoms with van der Waals surface area (Å²) >= 11 is 3.91. The van der Waals surface area contributed by atoms with Crippen molar-refractivity contribution in [3.05, 3.63) is 22.6 Å². The smallest absolute Gasteiger partial charge is 0.0183 e. The van der Waals surface area contributed by atoms with Gasteiger partial charge in [-0.05, 0) is 63.8 Å². The molecule has 0 spiro atoms. The summed E-state index contributed by atoms with van der Waals surface area (Å²) in [5.74, 6) is 0. The molecule has 0 aliphatic heterocycles. The van der Waals surface area contributed by atoms with Gasteiger partial charge in [-0.15, -0.1) is 0 Å². The van der Waals surface area contributed by atoms with E-state index in [-0.39, 0.29) is 0 Å². The Labute approximate surface area is 83.6 Å². The lowest BCUT2D eigenvalue weighted by atomic mass is 10.1. The molecule has 0 saturated heterocycles. The standard InChI is InChI=1S/C10H19BrS/c1-9-7-5-6-8-10(9)12(2,3,4)11/h7-8,12H,5-6H2,1-4H3. The molecule has 1 aliphatic carbocycles. The highest BCUT2D eigenvalue weighted by molar-refractivity contribution is 9.63. The topological polar surface area (TPSA) is 0 Å². The minimum Gasteiger partial charge on any atom is -0.224 e. The van der Waals surface area contributed by atoms with Crippen LogP contribution in [0.5, 0.6) is 0 Å². The Hall–Kier alpha value is 0.310. The quantitative estimate of drug-likeness (QED) is 0.672. The molecular weight excluding hydrogens is 232 g/mol. The molecule has 0 bridgehead atoms. The van der Waals surface area contributed by atoms with Gasteiger partial charge in [-0.2, -0.15) is 0 Å². The van der Waals surface area contributed by atoms with Crippen LogP contribution >= 0.6 is 22.4 Å². The van der Waals surface area contributed by atoms with Crippen LogP contribution in [0.3, 0.4) is 0 Å². The summed E-state index contributed by atoms with van der Waals surface area (Å²) in [6.07, 6.45) is 14.2. The van der Waals surface area contributed by atoms with Crippen LogP contribution in [0.2, 0.25) is 0 Å². The van der Waals surface area contributed by atoms with Crippen LogP contribution in [0.4, 0.5) is 0 Å². The molecule has 0 aromatic rings. The van der Waals surface area contributed by atoms with Gasteiger partial charge in [0, 0.05) is 0 Å². The molecule has 72 valence electrons. The second-order valence-corrected chi connectivity index (χ2v) is 17.8. The van der Waals surface area contributed by atoms with Gasteiger partial charge in [-0.3, -0.25) is 0 Å². The van der Waals surface area contributed by atoms with Crippen molar-refractivity contribution in [3.8, 4) is 0 Å². The van der Waals surface area contributed by atoms with E-state index in [1.165, 1.54) is 18.4 Å². The lowest BCUT2D eigenvalue weighted by molar-refractivity contribution is 1.01. The fourth-order valence-electron chi connectivity index (χ4n) is 1.69. The molecule has 1 rings (SSSR count). The molecule has 1 aliphatic rings. The summed E-state index contributed by atoms with van der Waals surface area (Å²) in [6.45, 7) is 2.23. The van der Waals surface area contributed by atoms with Gasteiger partial charge in [0.05, 0.1) is 0 Å². The highest BCUT2D eigenvalue weighted by Gasteiger charge is 2.27. The number of hydrogen-bond donors (Lipinski definition) is 1. The van der Waals surface area contributed by atoms with Gasteiger partial charge in [0.2, 0.25) is 0 Å². The van der Waals surface area contributed by atoms with E-state index in [9.17, 15) is 0 Å². The predicted molar refractivity (Wildman–Crippen MR) is 66.8 cm³/mol. The number of thiol groups is 1. The molecule has 0 unspecified atom stereocenters.